The van der Waals surface area contributed by atoms with Crippen molar-refractivity contribution in [1.29, 1.82) is 5.41 Å². The van der Waals surface area contributed by atoms with Gasteiger partial charge in [-0.15, -0.1) is 11.8 Å². The highest BCUT2D eigenvalue weighted by Crippen LogP contribution is 2.33. The van der Waals surface area contributed by atoms with Crippen LogP contribution in [0.2, 0.25) is 0 Å². The fourth-order valence-corrected chi connectivity index (χ4v) is 3.45. The highest BCUT2D eigenvalue weighted by molar-refractivity contribution is 7.98. The minimum Gasteiger partial charge on any atom is -0.382 e. The van der Waals surface area contributed by atoms with E-state index in [-0.39, 0.29) is 11.7 Å². The molecule has 1 amide bonds. The number of nitrogens with one attached hydrogen (secondary N) is 2. The lowest BCUT2D eigenvalue weighted by Gasteiger charge is -2.15. The second kappa shape index (κ2) is 7.67. The number of thioether (sulfide) groups is 1. The quantitative estimate of drug-likeness (QED) is 0.411. The number of hydrogen-bond donors (Lipinski definition) is 3. The molecule has 0 bridgehead atoms. The molecule has 26 heavy (non-hydrogen) atoms. The van der Waals surface area contributed by atoms with Crippen LogP contribution < -0.4 is 16.0 Å². The molecule has 8 heteroatoms. The molecule has 0 spiro atoms. The normalized spacial score (nSPS) is 13.8. The number of hydrogen-bond acceptors (Lipinski definition) is 5. The third-order valence-electron chi connectivity index (χ3n) is 4.19. The van der Waals surface area contributed by atoms with E-state index >= 15 is 0 Å². The van der Waals surface area contributed by atoms with E-state index < -0.39 is 0 Å². The molecule has 4 N–H and O–H groups in total. The lowest BCUT2D eigenvalue weighted by molar-refractivity contribution is 0.0995. The second-order valence-electron chi connectivity index (χ2n) is 5.76. The number of nitrogens with zero attached hydrogens (tertiary/aromatic N) is 3. The third kappa shape index (κ3) is 3.33. The van der Waals surface area contributed by atoms with Gasteiger partial charge in [0.1, 0.15) is 17.9 Å². The van der Waals surface area contributed by atoms with E-state index in [4.69, 9.17) is 11.1 Å². The van der Waals surface area contributed by atoms with E-state index in [0.29, 0.717) is 24.6 Å². The molecule has 134 valence electrons. The first-order chi connectivity index (χ1) is 12.6. The molecular weight excluding hydrogens is 348 g/mol. The van der Waals surface area contributed by atoms with E-state index in [1.54, 1.807) is 34.9 Å². The number of fused-ring (bicyclic) bond motifs is 1. The Balaban J connectivity index is 2.00. The molecule has 2 aromatic rings. The number of benzene rings is 1. The Labute approximate surface area is 156 Å². The summed E-state index contributed by atoms with van der Waals surface area (Å²) in [6.45, 7) is 1.17. The van der Waals surface area contributed by atoms with Crippen molar-refractivity contribution in [2.45, 2.75) is 18.0 Å². The van der Waals surface area contributed by atoms with E-state index in [2.05, 4.69) is 21.4 Å². The lowest BCUT2D eigenvalue weighted by atomic mass is 10.0. The number of amidine groups is 1. The number of aliphatic imine (C=N–C) groups is 1. The van der Waals surface area contributed by atoms with Crippen LogP contribution in [0.4, 0.5) is 5.82 Å². The summed E-state index contributed by atoms with van der Waals surface area (Å²) < 4.78 is 0. The van der Waals surface area contributed by atoms with Gasteiger partial charge in [0, 0.05) is 17.0 Å². The molecule has 1 aromatic carbocycles. The van der Waals surface area contributed by atoms with Crippen molar-refractivity contribution in [3.05, 3.63) is 52.7 Å². The average molecular weight is 368 g/mol. The van der Waals surface area contributed by atoms with Crippen molar-refractivity contribution < 1.29 is 4.79 Å². The van der Waals surface area contributed by atoms with Gasteiger partial charge in [0.2, 0.25) is 0 Å². The summed E-state index contributed by atoms with van der Waals surface area (Å²) in [5.41, 5.74) is 9.11. The van der Waals surface area contributed by atoms with Crippen LogP contribution in [0.15, 0.2) is 40.2 Å². The van der Waals surface area contributed by atoms with Crippen molar-refractivity contribution in [2.24, 2.45) is 10.7 Å². The van der Waals surface area contributed by atoms with Crippen LogP contribution >= 0.6 is 11.8 Å². The molecule has 2 heterocycles. The van der Waals surface area contributed by atoms with Crippen molar-refractivity contribution in [1.82, 2.24) is 10.3 Å². The number of pyridine rings is 1. The first-order valence-electron chi connectivity index (χ1n) is 8.05. The minimum atomic E-state index is -0.0690. The Morgan fingerprint density at radius 1 is 1.50 bits per heavy atom. The van der Waals surface area contributed by atoms with Gasteiger partial charge in [0.25, 0.3) is 5.91 Å². The molecule has 0 aliphatic carbocycles. The fourth-order valence-electron chi connectivity index (χ4n) is 2.96. The van der Waals surface area contributed by atoms with Gasteiger partial charge >= 0.3 is 0 Å². The molecule has 0 saturated heterocycles. The Kier molecular flexibility index (Phi) is 5.34. The summed E-state index contributed by atoms with van der Waals surface area (Å²) in [7, 11) is 1.89. The molecule has 0 saturated carbocycles. The summed E-state index contributed by atoms with van der Waals surface area (Å²) in [5.74, 6) is 0.597. The van der Waals surface area contributed by atoms with Crippen molar-refractivity contribution in [2.75, 3.05) is 18.2 Å². The van der Waals surface area contributed by atoms with Crippen LogP contribution in [-0.2, 0) is 13.1 Å². The zero-order chi connectivity index (χ0) is 18.7. The lowest BCUT2D eigenvalue weighted by Crippen LogP contribution is -2.25. The highest BCUT2D eigenvalue weighted by Gasteiger charge is 2.31. The molecule has 1 aromatic heterocycles. The van der Waals surface area contributed by atoms with Gasteiger partial charge in [0.15, 0.2) is 5.84 Å². The topological polar surface area (TPSA) is 107 Å². The van der Waals surface area contributed by atoms with E-state index in [1.165, 1.54) is 0 Å². The summed E-state index contributed by atoms with van der Waals surface area (Å²) >= 11 is 1.62. The van der Waals surface area contributed by atoms with Gasteiger partial charge in [-0.3, -0.25) is 15.1 Å². The van der Waals surface area contributed by atoms with Gasteiger partial charge in [-0.05, 0) is 48.7 Å². The number of amides is 1. The molecule has 0 radical (unpaired) electrons. The van der Waals surface area contributed by atoms with Crippen LogP contribution in [0.25, 0.3) is 0 Å². The second-order valence-corrected chi connectivity index (χ2v) is 6.64. The Morgan fingerprint density at radius 2 is 2.31 bits per heavy atom. The van der Waals surface area contributed by atoms with Crippen LogP contribution in [0, 0.1) is 5.41 Å². The molecule has 7 nitrogen and oxygen atoms in total. The number of aromatic nitrogens is 1. The number of carbonyl (C=O) groups is 1. The number of nitrogens with two attached hydrogens (primary N) is 1. The van der Waals surface area contributed by atoms with Crippen molar-refractivity contribution >= 4 is 35.7 Å². The zero-order valence-corrected chi connectivity index (χ0v) is 15.4. The van der Waals surface area contributed by atoms with Gasteiger partial charge in [-0.1, -0.05) is 6.07 Å². The zero-order valence-electron chi connectivity index (χ0n) is 14.6. The largest absolute Gasteiger partial charge is 0.382 e. The van der Waals surface area contributed by atoms with Crippen LogP contribution in [0.1, 0.15) is 27.2 Å². The van der Waals surface area contributed by atoms with Crippen LogP contribution in [0.3, 0.4) is 0 Å². The summed E-state index contributed by atoms with van der Waals surface area (Å²) in [6.07, 6.45) is 2.87. The van der Waals surface area contributed by atoms with Crippen molar-refractivity contribution in [3.8, 4) is 0 Å². The van der Waals surface area contributed by atoms with Crippen LogP contribution in [-0.4, -0.2) is 36.4 Å². The number of rotatable bonds is 6. The number of anilines is 1. The number of carbonyl (C=O) groups excluding carboxylic acids is 1. The van der Waals surface area contributed by atoms with Gasteiger partial charge in [0.05, 0.1) is 6.54 Å². The summed E-state index contributed by atoms with van der Waals surface area (Å²) in [4.78, 5) is 23.9. The molecule has 0 fully saturated rings. The average Bonchev–Trinajstić information content (AvgIpc) is 2.99. The van der Waals surface area contributed by atoms with Crippen molar-refractivity contribution in [3.63, 3.8) is 0 Å². The summed E-state index contributed by atoms with van der Waals surface area (Å²) in [5, 5.41) is 10.2. The Bertz CT molecular complexity index is 895. The van der Waals surface area contributed by atoms with Crippen LogP contribution in [0.5, 0.6) is 0 Å². The first-order valence-corrected chi connectivity index (χ1v) is 9.27. The monoisotopic (exact) mass is 368 g/mol. The summed E-state index contributed by atoms with van der Waals surface area (Å²) in [6, 6.07) is 9.32. The minimum absolute atomic E-state index is 0.0690. The van der Waals surface area contributed by atoms with E-state index in [1.807, 2.05) is 19.4 Å². The Morgan fingerprint density at radius 3 is 3.00 bits per heavy atom. The molecule has 1 aliphatic rings. The van der Waals surface area contributed by atoms with E-state index in [9.17, 15) is 4.79 Å². The van der Waals surface area contributed by atoms with Gasteiger partial charge < -0.3 is 11.1 Å². The maximum absolute atomic E-state index is 13.0. The fraction of sp³-hybridized carbons (Fsp3) is 0.222. The molecule has 0 unspecified atom stereocenters. The van der Waals surface area contributed by atoms with E-state index in [0.717, 1.165) is 27.9 Å². The molecule has 0 atom stereocenters. The first kappa shape index (κ1) is 18.1. The van der Waals surface area contributed by atoms with Gasteiger partial charge in [-0.2, -0.15) is 0 Å². The predicted octanol–water partition coefficient (Wildman–Crippen LogP) is 2.00. The highest BCUT2D eigenvalue weighted by atomic mass is 32.2. The third-order valence-corrected chi connectivity index (χ3v) is 4.89. The SMILES string of the molecule is CNCc1cc(SC)cc2c1CN(c1cccc(C(N)=NC=N)n1)C2=O. The predicted molar refractivity (Wildman–Crippen MR) is 105 cm³/mol. The maximum Gasteiger partial charge on any atom is 0.260 e. The maximum atomic E-state index is 13.0. The standard InChI is InChI=1S/C18H20N6OS/c1-21-8-11-6-12(26-2)7-13-14(11)9-24(18(13)25)16-5-3-4-15(23-16)17(20)22-10-19/h3-7,10,21H,8-9H2,1-2H3,(H3,19,20,22). The molecular formula is C18H20N6OS. The Hall–Kier alpha value is -2.71. The smallest absolute Gasteiger partial charge is 0.260 e. The molecule has 3 rings (SSSR count). The van der Waals surface area contributed by atoms with Gasteiger partial charge in [-0.25, -0.2) is 9.98 Å². The molecule has 1 aliphatic heterocycles.